The second-order valence-corrected chi connectivity index (χ2v) is 10.2. The summed E-state index contributed by atoms with van der Waals surface area (Å²) in [6.07, 6.45) is 2.77. The molecule has 1 aromatic heterocycles. The summed E-state index contributed by atoms with van der Waals surface area (Å²) >= 11 is 1.61. The summed E-state index contributed by atoms with van der Waals surface area (Å²) < 4.78 is 5.46. The van der Waals surface area contributed by atoms with Gasteiger partial charge >= 0.3 is 0 Å². The molecule has 1 atom stereocenters. The van der Waals surface area contributed by atoms with Gasteiger partial charge in [-0.25, -0.2) is 4.98 Å². The van der Waals surface area contributed by atoms with E-state index in [2.05, 4.69) is 63.6 Å². The number of aromatic nitrogens is 1. The molecule has 2 aliphatic heterocycles. The SMILES string of the molecule is O=C(Cc1csc(-c2cccc(CN3CCOCC3)c2)n1)NCC(c1ccccc1)N1CCCC1. The highest BCUT2D eigenvalue weighted by Gasteiger charge is 2.24. The Labute approximate surface area is 211 Å². The second kappa shape index (κ2) is 11.9. The third-order valence-electron chi connectivity index (χ3n) is 6.84. The van der Waals surface area contributed by atoms with Gasteiger partial charge in [0.2, 0.25) is 5.91 Å². The van der Waals surface area contributed by atoms with Crippen LogP contribution in [0.15, 0.2) is 60.0 Å². The van der Waals surface area contributed by atoms with Gasteiger partial charge in [0.1, 0.15) is 5.01 Å². The molecular formula is C28H34N4O2S. The number of likely N-dealkylation sites (tertiary alicyclic amines) is 1. The quantitative estimate of drug-likeness (QED) is 0.489. The number of amides is 1. The molecule has 6 nitrogen and oxygen atoms in total. The molecule has 0 bridgehead atoms. The number of hydrogen-bond acceptors (Lipinski definition) is 6. The van der Waals surface area contributed by atoms with Gasteiger partial charge in [-0.2, -0.15) is 0 Å². The zero-order chi connectivity index (χ0) is 23.9. The number of nitrogens with zero attached hydrogens (tertiary/aromatic N) is 3. The molecule has 0 spiro atoms. The topological polar surface area (TPSA) is 57.7 Å². The maximum absolute atomic E-state index is 12.8. The highest BCUT2D eigenvalue weighted by Crippen LogP contribution is 2.26. The Bertz CT molecular complexity index is 1090. The molecule has 2 aromatic carbocycles. The molecule has 0 aliphatic carbocycles. The number of morpholine rings is 1. The fourth-order valence-electron chi connectivity index (χ4n) is 4.96. The lowest BCUT2D eigenvalue weighted by atomic mass is 10.1. The second-order valence-electron chi connectivity index (χ2n) is 9.38. The smallest absolute Gasteiger partial charge is 0.226 e. The molecule has 0 saturated carbocycles. The van der Waals surface area contributed by atoms with Crippen LogP contribution in [0.5, 0.6) is 0 Å². The molecule has 2 fully saturated rings. The van der Waals surface area contributed by atoms with Crippen LogP contribution >= 0.6 is 11.3 Å². The molecule has 3 heterocycles. The van der Waals surface area contributed by atoms with Crippen LogP contribution in [0.25, 0.3) is 10.6 Å². The van der Waals surface area contributed by atoms with E-state index >= 15 is 0 Å². The molecule has 0 radical (unpaired) electrons. The van der Waals surface area contributed by atoms with E-state index in [0.29, 0.717) is 13.0 Å². The lowest BCUT2D eigenvalue weighted by Crippen LogP contribution is -2.37. The average molecular weight is 491 g/mol. The first-order valence-corrected chi connectivity index (χ1v) is 13.5. The van der Waals surface area contributed by atoms with Crippen molar-refractivity contribution in [3.63, 3.8) is 0 Å². The molecule has 1 amide bonds. The monoisotopic (exact) mass is 490 g/mol. The van der Waals surface area contributed by atoms with E-state index < -0.39 is 0 Å². The molecule has 35 heavy (non-hydrogen) atoms. The molecule has 184 valence electrons. The minimum Gasteiger partial charge on any atom is -0.379 e. The van der Waals surface area contributed by atoms with Gasteiger partial charge in [0.15, 0.2) is 0 Å². The van der Waals surface area contributed by atoms with Crippen LogP contribution in [0.1, 0.15) is 35.7 Å². The highest BCUT2D eigenvalue weighted by atomic mass is 32.1. The van der Waals surface area contributed by atoms with Gasteiger partial charge in [-0.3, -0.25) is 14.6 Å². The molecule has 1 N–H and O–H groups in total. The maximum Gasteiger partial charge on any atom is 0.226 e. The molecule has 5 rings (SSSR count). The van der Waals surface area contributed by atoms with Crippen LogP contribution in [0.4, 0.5) is 0 Å². The largest absolute Gasteiger partial charge is 0.379 e. The van der Waals surface area contributed by atoms with Crippen molar-refractivity contribution < 1.29 is 9.53 Å². The summed E-state index contributed by atoms with van der Waals surface area (Å²) in [4.78, 5) is 22.5. The normalized spacial score (nSPS) is 17.9. The van der Waals surface area contributed by atoms with Crippen LogP contribution in [-0.2, 0) is 22.5 Å². The van der Waals surface area contributed by atoms with Gasteiger partial charge in [-0.05, 0) is 43.1 Å². The molecule has 2 saturated heterocycles. The molecule has 7 heteroatoms. The lowest BCUT2D eigenvalue weighted by molar-refractivity contribution is -0.120. The first-order valence-electron chi connectivity index (χ1n) is 12.6. The molecule has 2 aliphatic rings. The predicted molar refractivity (Wildman–Crippen MR) is 140 cm³/mol. The Morgan fingerprint density at radius 1 is 1.03 bits per heavy atom. The van der Waals surface area contributed by atoms with Crippen LogP contribution in [0.2, 0.25) is 0 Å². The molecular weight excluding hydrogens is 456 g/mol. The number of carbonyl (C=O) groups excluding carboxylic acids is 1. The van der Waals surface area contributed by atoms with Gasteiger partial charge in [0, 0.05) is 37.1 Å². The minimum absolute atomic E-state index is 0.0306. The zero-order valence-electron chi connectivity index (χ0n) is 20.2. The van der Waals surface area contributed by atoms with Crippen molar-refractivity contribution in [3.05, 3.63) is 76.8 Å². The maximum atomic E-state index is 12.8. The number of carbonyl (C=O) groups is 1. The van der Waals surface area contributed by atoms with Crippen molar-refractivity contribution >= 4 is 17.2 Å². The van der Waals surface area contributed by atoms with Crippen LogP contribution in [-0.4, -0.2) is 66.6 Å². The van der Waals surface area contributed by atoms with Crippen molar-refractivity contribution in [1.82, 2.24) is 20.1 Å². The van der Waals surface area contributed by atoms with E-state index in [4.69, 9.17) is 9.72 Å². The lowest BCUT2D eigenvalue weighted by Gasteiger charge is -2.28. The van der Waals surface area contributed by atoms with E-state index in [0.717, 1.165) is 62.2 Å². The van der Waals surface area contributed by atoms with Crippen molar-refractivity contribution in [3.8, 4) is 10.6 Å². The third-order valence-corrected chi connectivity index (χ3v) is 7.78. The number of ether oxygens (including phenoxy) is 1. The number of rotatable bonds is 9. The van der Waals surface area contributed by atoms with E-state index in [1.165, 1.54) is 24.0 Å². The van der Waals surface area contributed by atoms with Gasteiger partial charge in [-0.15, -0.1) is 11.3 Å². The minimum atomic E-state index is 0.0306. The van der Waals surface area contributed by atoms with Crippen molar-refractivity contribution in [2.24, 2.45) is 0 Å². The summed E-state index contributed by atoms with van der Waals surface area (Å²) in [5, 5.41) is 6.16. The number of thiazole rings is 1. The Hall–Kier alpha value is -2.58. The van der Waals surface area contributed by atoms with E-state index in [1.807, 2.05) is 11.4 Å². The first kappa shape index (κ1) is 24.1. The Morgan fingerprint density at radius 3 is 2.63 bits per heavy atom. The van der Waals surface area contributed by atoms with Gasteiger partial charge in [-0.1, -0.05) is 48.5 Å². The van der Waals surface area contributed by atoms with Crippen molar-refractivity contribution in [2.75, 3.05) is 45.9 Å². The Kier molecular flexibility index (Phi) is 8.21. The fourth-order valence-corrected chi connectivity index (χ4v) is 5.78. The number of benzene rings is 2. The standard InChI is InChI=1S/C28H34N4O2S/c33-27(29-19-26(32-11-4-5-12-32)23-8-2-1-3-9-23)18-25-21-35-28(30-25)24-10-6-7-22(17-24)20-31-13-15-34-16-14-31/h1-3,6-10,17,21,26H,4-5,11-16,18-20H2,(H,29,33). The van der Waals surface area contributed by atoms with Gasteiger partial charge in [0.05, 0.1) is 31.4 Å². The fraction of sp³-hybridized carbons (Fsp3) is 0.429. The Balaban J connectivity index is 1.18. The van der Waals surface area contributed by atoms with Gasteiger partial charge < -0.3 is 10.1 Å². The molecule has 1 unspecified atom stereocenters. The number of nitrogens with one attached hydrogen (secondary N) is 1. The zero-order valence-corrected chi connectivity index (χ0v) is 21.0. The van der Waals surface area contributed by atoms with E-state index in [1.54, 1.807) is 11.3 Å². The van der Waals surface area contributed by atoms with E-state index in [-0.39, 0.29) is 11.9 Å². The first-order chi connectivity index (χ1) is 17.2. The van der Waals surface area contributed by atoms with Crippen LogP contribution in [0, 0.1) is 0 Å². The highest BCUT2D eigenvalue weighted by molar-refractivity contribution is 7.13. The number of hydrogen-bond donors (Lipinski definition) is 1. The third kappa shape index (κ3) is 6.55. The summed E-state index contributed by atoms with van der Waals surface area (Å²) in [5.41, 5.74) is 4.50. The average Bonchev–Trinajstić information content (AvgIpc) is 3.59. The van der Waals surface area contributed by atoms with Crippen LogP contribution in [0.3, 0.4) is 0 Å². The van der Waals surface area contributed by atoms with Gasteiger partial charge in [0.25, 0.3) is 0 Å². The summed E-state index contributed by atoms with van der Waals surface area (Å²) in [7, 11) is 0. The van der Waals surface area contributed by atoms with Crippen molar-refractivity contribution in [2.45, 2.75) is 31.8 Å². The summed E-state index contributed by atoms with van der Waals surface area (Å²) in [5.74, 6) is 0.0306. The summed E-state index contributed by atoms with van der Waals surface area (Å²) in [6, 6.07) is 19.3. The van der Waals surface area contributed by atoms with Crippen molar-refractivity contribution in [1.29, 1.82) is 0 Å². The van der Waals surface area contributed by atoms with E-state index in [9.17, 15) is 4.79 Å². The Morgan fingerprint density at radius 2 is 1.83 bits per heavy atom. The summed E-state index contributed by atoms with van der Waals surface area (Å²) in [6.45, 7) is 7.31. The predicted octanol–water partition coefficient (Wildman–Crippen LogP) is 4.14. The molecule has 3 aromatic rings. The van der Waals surface area contributed by atoms with Crippen LogP contribution < -0.4 is 5.32 Å².